The molecule has 2 atom stereocenters. The van der Waals surface area contributed by atoms with E-state index >= 15 is 0 Å². The van der Waals surface area contributed by atoms with Crippen LogP contribution in [0.15, 0.2) is 18.3 Å². The van der Waals surface area contributed by atoms with Crippen molar-refractivity contribution < 1.29 is 0 Å². The van der Waals surface area contributed by atoms with Gasteiger partial charge in [0.1, 0.15) is 5.82 Å². The van der Waals surface area contributed by atoms with E-state index in [2.05, 4.69) is 15.5 Å². The van der Waals surface area contributed by atoms with Gasteiger partial charge in [-0.1, -0.05) is 0 Å². The van der Waals surface area contributed by atoms with Gasteiger partial charge in [-0.2, -0.15) is 5.10 Å². The summed E-state index contributed by atoms with van der Waals surface area (Å²) in [5.74, 6) is 1.56. The van der Waals surface area contributed by atoms with Gasteiger partial charge < -0.3 is 11.1 Å². The molecule has 4 heteroatoms. The van der Waals surface area contributed by atoms with Gasteiger partial charge in [0, 0.05) is 18.8 Å². The van der Waals surface area contributed by atoms with Crippen molar-refractivity contribution in [2.45, 2.75) is 25.3 Å². The Morgan fingerprint density at radius 3 is 3.07 bits per heavy atom. The first kappa shape index (κ1) is 9.40. The highest BCUT2D eigenvalue weighted by molar-refractivity contribution is 5.31. The van der Waals surface area contributed by atoms with E-state index in [9.17, 15) is 0 Å². The molecule has 14 heavy (non-hydrogen) atoms. The first-order valence-electron chi connectivity index (χ1n) is 5.12. The van der Waals surface area contributed by atoms with E-state index in [1.807, 2.05) is 12.1 Å². The monoisotopic (exact) mass is 192 g/mol. The van der Waals surface area contributed by atoms with E-state index in [0.29, 0.717) is 12.0 Å². The first-order valence-corrected chi connectivity index (χ1v) is 5.12. The van der Waals surface area contributed by atoms with Crippen LogP contribution in [0.4, 0.5) is 5.82 Å². The molecule has 0 aliphatic heterocycles. The predicted octanol–water partition coefficient (Wildman–Crippen LogP) is 1.02. The molecule has 0 saturated heterocycles. The maximum atomic E-state index is 5.84. The molecule has 1 heterocycles. The Bertz CT molecular complexity index is 275. The molecule has 0 aromatic carbocycles. The summed E-state index contributed by atoms with van der Waals surface area (Å²) in [6.07, 6.45) is 5.20. The number of hydrogen-bond acceptors (Lipinski definition) is 4. The van der Waals surface area contributed by atoms with Gasteiger partial charge in [-0.25, -0.2) is 0 Å². The standard InChI is InChI=1S/C10H16N4/c11-9-4-3-8(6-9)7-12-10-2-1-5-13-14-10/h1-2,5,8-9H,3-4,6-7,11H2,(H,12,14). The lowest BCUT2D eigenvalue weighted by molar-refractivity contribution is 0.564. The van der Waals surface area contributed by atoms with Gasteiger partial charge in [0.05, 0.1) is 0 Å². The predicted molar refractivity (Wildman–Crippen MR) is 55.8 cm³/mol. The zero-order valence-electron chi connectivity index (χ0n) is 8.19. The van der Waals surface area contributed by atoms with Crippen molar-refractivity contribution in [2.75, 3.05) is 11.9 Å². The molecule has 4 nitrogen and oxygen atoms in total. The van der Waals surface area contributed by atoms with Crippen LogP contribution in [0.5, 0.6) is 0 Å². The SMILES string of the molecule is NC1CCC(CNc2cccnn2)C1. The number of anilines is 1. The molecule has 1 fully saturated rings. The van der Waals surface area contributed by atoms with Gasteiger partial charge >= 0.3 is 0 Å². The normalized spacial score (nSPS) is 26.4. The highest BCUT2D eigenvalue weighted by Gasteiger charge is 2.21. The second-order valence-corrected chi connectivity index (χ2v) is 3.93. The fourth-order valence-corrected chi connectivity index (χ4v) is 1.94. The summed E-state index contributed by atoms with van der Waals surface area (Å²) in [6, 6.07) is 4.22. The smallest absolute Gasteiger partial charge is 0.148 e. The van der Waals surface area contributed by atoms with E-state index < -0.39 is 0 Å². The highest BCUT2D eigenvalue weighted by atomic mass is 15.2. The molecule has 2 rings (SSSR count). The zero-order valence-corrected chi connectivity index (χ0v) is 8.19. The van der Waals surface area contributed by atoms with Crippen molar-refractivity contribution in [3.05, 3.63) is 18.3 Å². The molecule has 0 bridgehead atoms. The molecule has 1 saturated carbocycles. The molecule has 1 aliphatic rings. The second kappa shape index (κ2) is 4.37. The van der Waals surface area contributed by atoms with E-state index in [1.165, 1.54) is 6.42 Å². The molecule has 1 aliphatic carbocycles. The van der Waals surface area contributed by atoms with Crippen LogP contribution in [0.2, 0.25) is 0 Å². The third-order valence-corrected chi connectivity index (χ3v) is 2.73. The Balaban J connectivity index is 1.78. The minimum Gasteiger partial charge on any atom is -0.368 e. The summed E-state index contributed by atoms with van der Waals surface area (Å²) in [5, 5.41) is 11.1. The topological polar surface area (TPSA) is 63.8 Å². The van der Waals surface area contributed by atoms with Gasteiger partial charge in [0.15, 0.2) is 0 Å². The third-order valence-electron chi connectivity index (χ3n) is 2.73. The van der Waals surface area contributed by atoms with Gasteiger partial charge in [-0.3, -0.25) is 0 Å². The summed E-state index contributed by atoms with van der Waals surface area (Å²) in [4.78, 5) is 0. The number of rotatable bonds is 3. The Hall–Kier alpha value is -1.16. The maximum absolute atomic E-state index is 5.84. The molecule has 1 aromatic rings. The van der Waals surface area contributed by atoms with Crippen LogP contribution in [0.25, 0.3) is 0 Å². The summed E-state index contributed by atoms with van der Waals surface area (Å²) in [5.41, 5.74) is 5.84. The van der Waals surface area contributed by atoms with E-state index in [-0.39, 0.29) is 0 Å². The Morgan fingerprint density at radius 1 is 1.50 bits per heavy atom. The number of hydrogen-bond donors (Lipinski definition) is 2. The summed E-state index contributed by atoms with van der Waals surface area (Å²) >= 11 is 0. The number of nitrogens with two attached hydrogens (primary N) is 1. The van der Waals surface area contributed by atoms with Gasteiger partial charge in [-0.15, -0.1) is 5.10 Å². The molecule has 0 amide bonds. The average molecular weight is 192 g/mol. The fraction of sp³-hybridized carbons (Fsp3) is 0.600. The van der Waals surface area contributed by atoms with Crippen LogP contribution in [0, 0.1) is 5.92 Å². The van der Waals surface area contributed by atoms with Crippen molar-refractivity contribution >= 4 is 5.82 Å². The maximum Gasteiger partial charge on any atom is 0.148 e. The van der Waals surface area contributed by atoms with Gasteiger partial charge in [0.25, 0.3) is 0 Å². The van der Waals surface area contributed by atoms with Crippen molar-refractivity contribution in [2.24, 2.45) is 11.7 Å². The summed E-state index contributed by atoms with van der Waals surface area (Å²) in [7, 11) is 0. The number of nitrogens with zero attached hydrogens (tertiary/aromatic N) is 2. The largest absolute Gasteiger partial charge is 0.368 e. The lowest BCUT2D eigenvalue weighted by Gasteiger charge is -2.10. The van der Waals surface area contributed by atoms with E-state index in [0.717, 1.165) is 25.2 Å². The minimum absolute atomic E-state index is 0.406. The number of nitrogens with one attached hydrogen (secondary N) is 1. The Labute approximate surface area is 83.9 Å². The van der Waals surface area contributed by atoms with Crippen LogP contribution in [-0.4, -0.2) is 22.8 Å². The van der Waals surface area contributed by atoms with Crippen molar-refractivity contribution in [3.63, 3.8) is 0 Å². The van der Waals surface area contributed by atoms with Gasteiger partial charge in [0.2, 0.25) is 0 Å². The second-order valence-electron chi connectivity index (χ2n) is 3.93. The van der Waals surface area contributed by atoms with Crippen LogP contribution < -0.4 is 11.1 Å². The van der Waals surface area contributed by atoms with Gasteiger partial charge in [-0.05, 0) is 37.3 Å². The molecule has 3 N–H and O–H groups in total. The highest BCUT2D eigenvalue weighted by Crippen LogP contribution is 2.23. The van der Waals surface area contributed by atoms with Crippen molar-refractivity contribution in [3.8, 4) is 0 Å². The lowest BCUT2D eigenvalue weighted by atomic mass is 10.1. The van der Waals surface area contributed by atoms with Crippen molar-refractivity contribution in [1.29, 1.82) is 0 Å². The van der Waals surface area contributed by atoms with E-state index in [4.69, 9.17) is 5.73 Å². The van der Waals surface area contributed by atoms with E-state index in [1.54, 1.807) is 6.20 Å². The molecule has 0 spiro atoms. The molecular formula is C10H16N4. The zero-order chi connectivity index (χ0) is 9.80. The third kappa shape index (κ3) is 2.42. The minimum atomic E-state index is 0.406. The fourth-order valence-electron chi connectivity index (χ4n) is 1.94. The molecule has 1 aromatic heterocycles. The summed E-state index contributed by atoms with van der Waals surface area (Å²) in [6.45, 7) is 0.965. The molecule has 76 valence electrons. The Morgan fingerprint density at radius 2 is 2.43 bits per heavy atom. The first-order chi connectivity index (χ1) is 6.84. The quantitative estimate of drug-likeness (QED) is 0.750. The van der Waals surface area contributed by atoms with Crippen LogP contribution in [-0.2, 0) is 0 Å². The number of aromatic nitrogens is 2. The lowest BCUT2D eigenvalue weighted by Crippen LogP contribution is -2.18. The summed E-state index contributed by atoms with van der Waals surface area (Å²) < 4.78 is 0. The Kier molecular flexibility index (Phi) is 2.93. The van der Waals surface area contributed by atoms with Crippen LogP contribution >= 0.6 is 0 Å². The molecular weight excluding hydrogens is 176 g/mol. The van der Waals surface area contributed by atoms with Crippen LogP contribution in [0.1, 0.15) is 19.3 Å². The van der Waals surface area contributed by atoms with Crippen LogP contribution in [0.3, 0.4) is 0 Å². The molecule has 2 unspecified atom stereocenters. The molecule has 0 radical (unpaired) electrons. The van der Waals surface area contributed by atoms with Crippen molar-refractivity contribution in [1.82, 2.24) is 10.2 Å². The average Bonchev–Trinajstić information content (AvgIpc) is 2.63.